The van der Waals surface area contributed by atoms with Crippen molar-refractivity contribution in [3.8, 4) is 0 Å². The highest BCUT2D eigenvalue weighted by Crippen LogP contribution is 2.21. The van der Waals surface area contributed by atoms with Crippen molar-refractivity contribution < 1.29 is 4.79 Å². The lowest BCUT2D eigenvalue weighted by Gasteiger charge is -2.24. The van der Waals surface area contributed by atoms with Crippen molar-refractivity contribution in [1.82, 2.24) is 10.2 Å². The number of nitrogens with one attached hydrogen (secondary N) is 1. The standard InChI is InChI=1S/C11H23N3O.2ClH/c1-9(12)11(15)13-7-8-14(2)10-5-3-4-6-10;;/h9-10H,3-8,12H2,1-2H3,(H,13,15);2*1H/t9-;;/m0../s1. The maximum atomic E-state index is 11.2. The van der Waals surface area contributed by atoms with Crippen LogP contribution in [0.2, 0.25) is 0 Å². The second-order valence-electron chi connectivity index (χ2n) is 4.50. The van der Waals surface area contributed by atoms with Gasteiger partial charge in [-0.15, -0.1) is 24.8 Å². The van der Waals surface area contributed by atoms with Crippen molar-refractivity contribution >= 4 is 30.7 Å². The number of hydrogen-bond donors (Lipinski definition) is 2. The Morgan fingerprint density at radius 2 is 1.94 bits per heavy atom. The van der Waals surface area contributed by atoms with Gasteiger partial charge in [0.15, 0.2) is 0 Å². The molecule has 0 aromatic carbocycles. The third-order valence-corrected chi connectivity index (χ3v) is 3.13. The zero-order valence-electron chi connectivity index (χ0n) is 10.6. The Morgan fingerprint density at radius 1 is 1.41 bits per heavy atom. The fourth-order valence-electron chi connectivity index (χ4n) is 2.04. The van der Waals surface area contributed by atoms with Gasteiger partial charge in [-0.3, -0.25) is 4.79 Å². The van der Waals surface area contributed by atoms with Gasteiger partial charge in [0.05, 0.1) is 6.04 Å². The van der Waals surface area contributed by atoms with Gasteiger partial charge in [0, 0.05) is 19.1 Å². The summed E-state index contributed by atoms with van der Waals surface area (Å²) < 4.78 is 0. The molecule has 1 aliphatic rings. The number of nitrogens with zero attached hydrogens (tertiary/aromatic N) is 1. The van der Waals surface area contributed by atoms with Crippen LogP contribution in [0.25, 0.3) is 0 Å². The Labute approximate surface area is 117 Å². The van der Waals surface area contributed by atoms with E-state index in [2.05, 4.69) is 17.3 Å². The van der Waals surface area contributed by atoms with Crippen molar-refractivity contribution in [3.63, 3.8) is 0 Å². The minimum Gasteiger partial charge on any atom is -0.353 e. The number of carbonyl (C=O) groups is 1. The van der Waals surface area contributed by atoms with E-state index in [-0.39, 0.29) is 30.7 Å². The molecule has 0 aromatic heterocycles. The van der Waals surface area contributed by atoms with Crippen LogP contribution in [0.4, 0.5) is 0 Å². The number of carbonyl (C=O) groups excluding carboxylic acids is 1. The van der Waals surface area contributed by atoms with Gasteiger partial charge in [-0.2, -0.15) is 0 Å². The Balaban J connectivity index is 0. The summed E-state index contributed by atoms with van der Waals surface area (Å²) in [5.74, 6) is -0.0604. The minimum absolute atomic E-state index is 0. The zero-order chi connectivity index (χ0) is 11.3. The molecule has 1 saturated carbocycles. The fourth-order valence-corrected chi connectivity index (χ4v) is 2.04. The lowest BCUT2D eigenvalue weighted by atomic mass is 10.2. The fraction of sp³-hybridized carbons (Fsp3) is 0.909. The molecule has 1 amide bonds. The van der Waals surface area contributed by atoms with Crippen molar-refractivity contribution in [2.45, 2.75) is 44.7 Å². The first-order valence-electron chi connectivity index (χ1n) is 5.85. The smallest absolute Gasteiger partial charge is 0.236 e. The van der Waals surface area contributed by atoms with Crippen molar-refractivity contribution in [2.75, 3.05) is 20.1 Å². The molecule has 1 aliphatic carbocycles. The molecule has 104 valence electrons. The lowest BCUT2D eigenvalue weighted by Crippen LogP contribution is -2.42. The van der Waals surface area contributed by atoms with Crippen LogP contribution >= 0.6 is 24.8 Å². The van der Waals surface area contributed by atoms with Crippen LogP contribution in [0.1, 0.15) is 32.6 Å². The summed E-state index contributed by atoms with van der Waals surface area (Å²) in [5.41, 5.74) is 5.45. The molecule has 1 rings (SSSR count). The molecule has 0 spiro atoms. The minimum atomic E-state index is -0.401. The van der Waals surface area contributed by atoms with E-state index in [0.29, 0.717) is 6.54 Å². The first-order chi connectivity index (χ1) is 7.11. The lowest BCUT2D eigenvalue weighted by molar-refractivity contribution is -0.122. The average Bonchev–Trinajstić information content (AvgIpc) is 2.70. The van der Waals surface area contributed by atoms with Gasteiger partial charge in [-0.1, -0.05) is 12.8 Å². The Morgan fingerprint density at radius 3 is 2.41 bits per heavy atom. The zero-order valence-corrected chi connectivity index (χ0v) is 12.3. The highest BCUT2D eigenvalue weighted by Gasteiger charge is 2.19. The van der Waals surface area contributed by atoms with E-state index in [1.165, 1.54) is 25.7 Å². The van der Waals surface area contributed by atoms with Crippen LogP contribution in [0.3, 0.4) is 0 Å². The average molecular weight is 286 g/mol. The second-order valence-corrected chi connectivity index (χ2v) is 4.50. The molecular weight excluding hydrogens is 261 g/mol. The Bertz CT molecular complexity index is 209. The van der Waals surface area contributed by atoms with Crippen molar-refractivity contribution in [3.05, 3.63) is 0 Å². The Kier molecular flexibility index (Phi) is 11.3. The van der Waals surface area contributed by atoms with Gasteiger partial charge in [-0.25, -0.2) is 0 Å². The molecular formula is C11H25Cl2N3O. The second kappa shape index (κ2) is 9.95. The molecule has 3 N–H and O–H groups in total. The predicted octanol–water partition coefficient (Wildman–Crippen LogP) is 1.17. The molecule has 1 atom stereocenters. The number of likely N-dealkylation sites (N-methyl/N-ethyl adjacent to an activating group) is 1. The van der Waals surface area contributed by atoms with E-state index >= 15 is 0 Å². The molecule has 0 heterocycles. The number of amides is 1. The highest BCUT2D eigenvalue weighted by molar-refractivity contribution is 5.85. The van der Waals surface area contributed by atoms with Gasteiger partial charge in [0.25, 0.3) is 0 Å². The van der Waals surface area contributed by atoms with Gasteiger partial charge < -0.3 is 16.0 Å². The number of nitrogens with two attached hydrogens (primary N) is 1. The van der Waals surface area contributed by atoms with Crippen molar-refractivity contribution in [1.29, 1.82) is 0 Å². The highest BCUT2D eigenvalue weighted by atomic mass is 35.5. The maximum absolute atomic E-state index is 11.2. The molecule has 6 heteroatoms. The summed E-state index contributed by atoms with van der Waals surface area (Å²) in [5, 5.41) is 2.83. The van der Waals surface area contributed by atoms with Crippen molar-refractivity contribution in [2.24, 2.45) is 5.73 Å². The summed E-state index contributed by atoms with van der Waals surface area (Å²) in [4.78, 5) is 13.5. The van der Waals surface area contributed by atoms with E-state index in [0.717, 1.165) is 12.6 Å². The SMILES string of the molecule is C[C@H](N)C(=O)NCCN(C)C1CCCC1.Cl.Cl. The molecule has 1 fully saturated rings. The molecule has 17 heavy (non-hydrogen) atoms. The van der Waals surface area contributed by atoms with Gasteiger partial charge in [-0.05, 0) is 26.8 Å². The van der Waals surface area contributed by atoms with E-state index in [9.17, 15) is 4.79 Å². The molecule has 0 unspecified atom stereocenters. The third-order valence-electron chi connectivity index (χ3n) is 3.13. The van der Waals surface area contributed by atoms with Gasteiger partial charge in [0.1, 0.15) is 0 Å². The largest absolute Gasteiger partial charge is 0.353 e. The summed E-state index contributed by atoms with van der Waals surface area (Å²) >= 11 is 0. The molecule has 0 radical (unpaired) electrons. The van der Waals surface area contributed by atoms with E-state index in [4.69, 9.17) is 5.73 Å². The monoisotopic (exact) mass is 285 g/mol. The summed E-state index contributed by atoms with van der Waals surface area (Å²) in [6.07, 6.45) is 5.30. The van der Waals surface area contributed by atoms with Crippen LogP contribution in [-0.2, 0) is 4.79 Å². The molecule has 0 aliphatic heterocycles. The summed E-state index contributed by atoms with van der Waals surface area (Å²) in [7, 11) is 2.13. The predicted molar refractivity (Wildman–Crippen MR) is 76.0 cm³/mol. The quantitative estimate of drug-likeness (QED) is 0.797. The first-order valence-corrected chi connectivity index (χ1v) is 5.85. The maximum Gasteiger partial charge on any atom is 0.236 e. The molecule has 0 saturated heterocycles. The van der Waals surface area contributed by atoms with Gasteiger partial charge >= 0.3 is 0 Å². The number of hydrogen-bond acceptors (Lipinski definition) is 3. The first kappa shape index (κ1) is 19.3. The molecule has 0 aromatic rings. The van der Waals surface area contributed by atoms with Crippen LogP contribution in [0.5, 0.6) is 0 Å². The van der Waals surface area contributed by atoms with Crippen LogP contribution in [0.15, 0.2) is 0 Å². The van der Waals surface area contributed by atoms with Crippen LogP contribution < -0.4 is 11.1 Å². The molecule has 0 bridgehead atoms. The summed E-state index contributed by atoms with van der Waals surface area (Å²) in [6, 6.07) is 0.319. The number of halogens is 2. The summed E-state index contributed by atoms with van der Waals surface area (Å²) in [6.45, 7) is 3.33. The van der Waals surface area contributed by atoms with Crippen LogP contribution in [0, 0.1) is 0 Å². The topological polar surface area (TPSA) is 58.4 Å². The van der Waals surface area contributed by atoms with Gasteiger partial charge in [0.2, 0.25) is 5.91 Å². The number of rotatable bonds is 5. The molecule has 4 nitrogen and oxygen atoms in total. The normalized spacial score (nSPS) is 17.2. The Hall–Kier alpha value is -0.0300. The van der Waals surface area contributed by atoms with E-state index in [1.807, 2.05) is 0 Å². The van der Waals surface area contributed by atoms with E-state index < -0.39 is 6.04 Å². The third kappa shape index (κ3) is 7.09. The van der Waals surface area contributed by atoms with Crippen LogP contribution in [-0.4, -0.2) is 43.0 Å². The van der Waals surface area contributed by atoms with E-state index in [1.54, 1.807) is 6.92 Å².